The van der Waals surface area contributed by atoms with Gasteiger partial charge in [0.25, 0.3) is 15.9 Å². The Labute approximate surface area is 202 Å². The van der Waals surface area contributed by atoms with E-state index in [0.717, 1.165) is 5.56 Å². The lowest BCUT2D eigenvalue weighted by molar-refractivity contribution is -0.149. The van der Waals surface area contributed by atoms with E-state index >= 15 is 0 Å². The SMILES string of the molecule is CCOC(=O)C1CCN(C(=O)c2ccc(NS(=O)(=O)c3cc(C(C)(C)C)ccc3C)cc2)CC1. The first-order valence-electron chi connectivity index (χ1n) is 11.6. The number of aryl methyl sites for hydroxylation is 1. The number of hydrogen-bond donors (Lipinski definition) is 1. The predicted octanol–water partition coefficient (Wildman–Crippen LogP) is 4.51. The quantitative estimate of drug-likeness (QED) is 0.607. The lowest BCUT2D eigenvalue weighted by Gasteiger charge is -2.31. The minimum atomic E-state index is -3.79. The van der Waals surface area contributed by atoms with Gasteiger partial charge in [0.15, 0.2) is 0 Å². The fourth-order valence-corrected chi connectivity index (χ4v) is 5.34. The number of hydrogen-bond acceptors (Lipinski definition) is 5. The second-order valence-electron chi connectivity index (χ2n) is 9.73. The molecule has 184 valence electrons. The van der Waals surface area contributed by atoms with E-state index in [0.29, 0.717) is 49.4 Å². The van der Waals surface area contributed by atoms with E-state index in [1.165, 1.54) is 0 Å². The van der Waals surface area contributed by atoms with Gasteiger partial charge in [-0.15, -0.1) is 0 Å². The minimum absolute atomic E-state index is 0.134. The summed E-state index contributed by atoms with van der Waals surface area (Å²) in [6.45, 7) is 11.0. The second-order valence-corrected chi connectivity index (χ2v) is 11.4. The van der Waals surface area contributed by atoms with Crippen molar-refractivity contribution in [1.82, 2.24) is 4.90 Å². The molecule has 2 aromatic rings. The molecule has 0 aromatic heterocycles. The minimum Gasteiger partial charge on any atom is -0.466 e. The van der Waals surface area contributed by atoms with Gasteiger partial charge >= 0.3 is 5.97 Å². The van der Waals surface area contributed by atoms with Gasteiger partial charge in [-0.3, -0.25) is 14.3 Å². The average Bonchev–Trinajstić information content (AvgIpc) is 2.78. The van der Waals surface area contributed by atoms with Crippen LogP contribution in [0.2, 0.25) is 0 Å². The second kappa shape index (κ2) is 10.2. The van der Waals surface area contributed by atoms with E-state index in [-0.39, 0.29) is 28.1 Å². The lowest BCUT2D eigenvalue weighted by Crippen LogP contribution is -2.40. The molecule has 1 amide bonds. The van der Waals surface area contributed by atoms with Gasteiger partial charge in [0.2, 0.25) is 0 Å². The molecular formula is C26H34N2O5S. The maximum absolute atomic E-state index is 13.1. The molecule has 8 heteroatoms. The third-order valence-electron chi connectivity index (χ3n) is 6.13. The Morgan fingerprint density at radius 2 is 1.68 bits per heavy atom. The molecule has 1 N–H and O–H groups in total. The zero-order chi connectivity index (χ0) is 25.1. The van der Waals surface area contributed by atoms with Crippen molar-refractivity contribution in [3.63, 3.8) is 0 Å². The Hall–Kier alpha value is -2.87. The van der Waals surface area contributed by atoms with E-state index in [1.807, 2.05) is 32.9 Å². The Morgan fingerprint density at radius 1 is 1.06 bits per heavy atom. The van der Waals surface area contributed by atoms with Crippen molar-refractivity contribution in [2.75, 3.05) is 24.4 Å². The zero-order valence-electron chi connectivity index (χ0n) is 20.6. The van der Waals surface area contributed by atoms with Crippen molar-refractivity contribution < 1.29 is 22.7 Å². The molecule has 7 nitrogen and oxygen atoms in total. The number of likely N-dealkylation sites (tertiary alicyclic amines) is 1. The fourth-order valence-electron chi connectivity index (χ4n) is 4.01. The number of sulfonamides is 1. The molecule has 3 rings (SSSR count). The summed E-state index contributed by atoms with van der Waals surface area (Å²) in [5, 5.41) is 0. The van der Waals surface area contributed by atoms with Crippen LogP contribution in [0, 0.1) is 12.8 Å². The number of carbonyl (C=O) groups excluding carboxylic acids is 2. The Kier molecular flexibility index (Phi) is 7.70. The third-order valence-corrected chi connectivity index (χ3v) is 7.65. The van der Waals surface area contributed by atoms with Crippen molar-refractivity contribution in [1.29, 1.82) is 0 Å². The van der Waals surface area contributed by atoms with E-state index in [9.17, 15) is 18.0 Å². The number of nitrogens with zero attached hydrogens (tertiary/aromatic N) is 1. The molecule has 2 aromatic carbocycles. The first-order valence-corrected chi connectivity index (χ1v) is 13.1. The molecular weight excluding hydrogens is 452 g/mol. The first kappa shape index (κ1) is 25.7. The van der Waals surface area contributed by atoms with E-state index in [1.54, 1.807) is 49.1 Å². The van der Waals surface area contributed by atoms with Crippen LogP contribution in [0.3, 0.4) is 0 Å². The van der Waals surface area contributed by atoms with Gasteiger partial charge in [-0.05, 0) is 73.6 Å². The summed E-state index contributed by atoms with van der Waals surface area (Å²) in [5.41, 5.74) is 2.29. The van der Waals surface area contributed by atoms with Gasteiger partial charge < -0.3 is 9.64 Å². The highest BCUT2D eigenvalue weighted by molar-refractivity contribution is 7.92. The molecule has 1 aliphatic rings. The fraction of sp³-hybridized carbons (Fsp3) is 0.462. The smallest absolute Gasteiger partial charge is 0.309 e. The summed E-state index contributed by atoms with van der Waals surface area (Å²) in [6.07, 6.45) is 1.16. The molecule has 34 heavy (non-hydrogen) atoms. The maximum atomic E-state index is 13.1. The highest BCUT2D eigenvalue weighted by atomic mass is 32.2. The number of esters is 1. The number of ether oxygens (including phenoxy) is 1. The molecule has 0 aliphatic carbocycles. The van der Waals surface area contributed by atoms with Crippen molar-refractivity contribution >= 4 is 27.6 Å². The largest absolute Gasteiger partial charge is 0.466 e. The maximum Gasteiger partial charge on any atom is 0.309 e. The highest BCUT2D eigenvalue weighted by Crippen LogP contribution is 2.28. The van der Waals surface area contributed by atoms with Gasteiger partial charge in [-0.1, -0.05) is 32.9 Å². The molecule has 1 saturated heterocycles. The summed E-state index contributed by atoms with van der Waals surface area (Å²) in [6, 6.07) is 11.9. The molecule has 1 heterocycles. The average molecular weight is 487 g/mol. The number of carbonyl (C=O) groups is 2. The topological polar surface area (TPSA) is 92.8 Å². The van der Waals surface area contributed by atoms with Crippen molar-refractivity contribution in [2.45, 2.75) is 57.8 Å². The van der Waals surface area contributed by atoms with E-state index in [2.05, 4.69) is 4.72 Å². The van der Waals surface area contributed by atoms with Crippen molar-refractivity contribution in [2.24, 2.45) is 5.92 Å². The number of rotatable bonds is 6. The highest BCUT2D eigenvalue weighted by Gasteiger charge is 2.29. The van der Waals surface area contributed by atoms with Crippen LogP contribution in [0.4, 0.5) is 5.69 Å². The van der Waals surface area contributed by atoms with Crippen LogP contribution in [0.5, 0.6) is 0 Å². The van der Waals surface area contributed by atoms with Crippen molar-refractivity contribution in [3.8, 4) is 0 Å². The molecule has 0 bridgehead atoms. The van der Waals surface area contributed by atoms with E-state index in [4.69, 9.17) is 4.74 Å². The van der Waals surface area contributed by atoms with Crippen LogP contribution in [0.1, 0.15) is 62.0 Å². The normalized spacial score (nSPS) is 15.1. The molecule has 1 aliphatic heterocycles. The van der Waals surface area contributed by atoms with Crippen LogP contribution in [-0.4, -0.2) is 44.9 Å². The first-order chi connectivity index (χ1) is 15.9. The zero-order valence-corrected chi connectivity index (χ0v) is 21.4. The summed E-state index contributed by atoms with van der Waals surface area (Å²) >= 11 is 0. The summed E-state index contributed by atoms with van der Waals surface area (Å²) in [5.74, 6) is -0.499. The summed E-state index contributed by atoms with van der Waals surface area (Å²) < 4.78 is 33.9. The molecule has 0 spiro atoms. The number of piperidine rings is 1. The molecule has 0 saturated carbocycles. The Bertz CT molecular complexity index is 1140. The number of anilines is 1. The van der Waals surface area contributed by atoms with E-state index < -0.39 is 10.0 Å². The van der Waals surface area contributed by atoms with Gasteiger partial charge in [-0.25, -0.2) is 8.42 Å². The predicted molar refractivity (Wildman–Crippen MR) is 132 cm³/mol. The summed E-state index contributed by atoms with van der Waals surface area (Å²) in [7, 11) is -3.79. The molecule has 0 atom stereocenters. The van der Waals surface area contributed by atoms with Crippen LogP contribution in [0.15, 0.2) is 47.4 Å². The monoisotopic (exact) mass is 486 g/mol. The lowest BCUT2D eigenvalue weighted by atomic mass is 9.87. The summed E-state index contributed by atoms with van der Waals surface area (Å²) in [4.78, 5) is 26.7. The Morgan fingerprint density at radius 3 is 2.24 bits per heavy atom. The van der Waals surface area contributed by atoms with Crippen LogP contribution >= 0.6 is 0 Å². The van der Waals surface area contributed by atoms with Gasteiger partial charge in [-0.2, -0.15) is 0 Å². The standard InChI is InChI=1S/C26H34N2O5S/c1-6-33-25(30)20-13-15-28(16-14-20)24(29)19-8-11-22(12-9-19)27-34(31,32)23-17-21(26(3,4)5)10-7-18(23)2/h7-12,17,20,27H,6,13-16H2,1-5H3. The van der Waals surface area contributed by atoms with Crippen LogP contribution < -0.4 is 4.72 Å². The van der Waals surface area contributed by atoms with Gasteiger partial charge in [0.1, 0.15) is 0 Å². The Balaban J connectivity index is 1.68. The van der Waals surface area contributed by atoms with Crippen LogP contribution in [0.25, 0.3) is 0 Å². The molecule has 0 radical (unpaired) electrons. The van der Waals surface area contributed by atoms with Crippen molar-refractivity contribution in [3.05, 3.63) is 59.2 Å². The number of benzene rings is 2. The van der Waals surface area contributed by atoms with Gasteiger partial charge in [0.05, 0.1) is 17.4 Å². The number of amides is 1. The molecule has 1 fully saturated rings. The third kappa shape index (κ3) is 5.97. The number of nitrogens with one attached hydrogen (secondary N) is 1. The molecule has 0 unspecified atom stereocenters. The van der Waals surface area contributed by atoms with Gasteiger partial charge in [0, 0.05) is 24.3 Å². The van der Waals surface area contributed by atoms with Crippen LogP contribution in [-0.2, 0) is 25.0 Å².